The highest BCUT2D eigenvalue weighted by Gasteiger charge is 2.27. The van der Waals surface area contributed by atoms with Gasteiger partial charge in [0.1, 0.15) is 19.8 Å². The molecule has 0 saturated heterocycles. The Bertz CT molecular complexity index is 2240. The largest absolute Gasteiger partial charge is 0.472 e. The van der Waals surface area contributed by atoms with Crippen molar-refractivity contribution in [3.8, 4) is 0 Å². The van der Waals surface area contributed by atoms with Crippen molar-refractivity contribution in [3.63, 3.8) is 0 Å². The number of esters is 2. The van der Waals surface area contributed by atoms with E-state index in [1.54, 1.807) is 0 Å². The van der Waals surface area contributed by atoms with Crippen LogP contribution in [0.1, 0.15) is 373 Å². The molecule has 2 atom stereocenters. The maximum Gasteiger partial charge on any atom is 0.472 e. The first-order valence-electron chi connectivity index (χ1n) is 42.6. The number of carbonyl (C=O) groups is 2. The molecule has 0 heterocycles. The van der Waals surface area contributed by atoms with Crippen LogP contribution in [-0.4, -0.2) is 74.9 Å². The van der Waals surface area contributed by atoms with Gasteiger partial charge in [-0.3, -0.25) is 18.6 Å². The zero-order valence-corrected chi connectivity index (χ0v) is 68.0. The molecule has 0 aliphatic carbocycles. The average Bonchev–Trinajstić information content (AvgIpc) is 0.913. The summed E-state index contributed by atoms with van der Waals surface area (Å²) in [5.41, 5.74) is 0. The molecule has 0 amide bonds. The first-order chi connectivity index (χ1) is 50.0. The topological polar surface area (TPSA) is 108 Å². The highest BCUT2D eigenvalue weighted by atomic mass is 31.2. The number of ether oxygens (including phenoxy) is 2. The van der Waals surface area contributed by atoms with E-state index in [4.69, 9.17) is 18.5 Å². The molecule has 0 saturated carbocycles. The summed E-state index contributed by atoms with van der Waals surface area (Å²) in [6.45, 7) is 4.31. The molecule has 0 aliphatic heterocycles. The van der Waals surface area contributed by atoms with Crippen molar-refractivity contribution in [2.24, 2.45) is 0 Å². The molecule has 0 aromatic carbocycles. The Kier molecular flexibility index (Phi) is 77.7. The molecule has 102 heavy (non-hydrogen) atoms. The van der Waals surface area contributed by atoms with Crippen LogP contribution in [-0.2, 0) is 32.7 Å². The van der Waals surface area contributed by atoms with Crippen molar-refractivity contribution in [1.29, 1.82) is 0 Å². The molecule has 2 unspecified atom stereocenters. The van der Waals surface area contributed by atoms with E-state index in [1.807, 2.05) is 21.1 Å². The number of phosphoric ester groups is 1. The van der Waals surface area contributed by atoms with Gasteiger partial charge in [0.25, 0.3) is 0 Å². The van der Waals surface area contributed by atoms with Gasteiger partial charge in [0.2, 0.25) is 0 Å². The second-order valence-electron chi connectivity index (χ2n) is 29.5. The predicted molar refractivity (Wildman–Crippen MR) is 445 cm³/mol. The maximum atomic E-state index is 12.9. The lowest BCUT2D eigenvalue weighted by molar-refractivity contribution is -0.870. The van der Waals surface area contributed by atoms with Gasteiger partial charge in [0.15, 0.2) is 6.10 Å². The lowest BCUT2D eigenvalue weighted by Gasteiger charge is -2.24. The molecule has 10 heteroatoms. The Morgan fingerprint density at radius 3 is 0.853 bits per heavy atom. The van der Waals surface area contributed by atoms with Gasteiger partial charge in [0, 0.05) is 12.8 Å². The molecule has 0 aliphatic rings. The quantitative estimate of drug-likeness (QED) is 0.0211. The standard InChI is InChI=1S/C92H160NO8P/c1-6-8-10-12-14-16-18-20-22-24-26-28-30-32-34-36-38-40-42-44-45-46-47-49-50-52-54-56-58-60-62-64-66-68-70-72-74-76-78-80-82-84-91(94)98-88-90(89-100-102(96,97)99-87-86-93(3,4)5)101-92(95)85-83-81-79-77-75-73-71-69-67-65-63-61-59-57-55-53-51-48-43-41-39-37-35-33-31-29-27-25-23-21-19-17-15-13-11-9-7-2/h9,11,15,17,21,23-24,26-27,29,33,35,39,41,48,51,55,57,61,63,67,69,73,75,90H,6-8,10,12-14,16,18-20,22,25,28,30-32,34,36-38,40,42-47,49-50,52-54,56,58-60,62,64-66,68,70-72,74,76-89H2,1-5H3/p+1/b11-9-,17-15-,23-21-,26-24-,29-27-,35-33-,41-39-,51-48-,57-55-,63-61-,69-67-,75-73-. The minimum Gasteiger partial charge on any atom is -0.462 e. The average molecular weight is 1440 g/mol. The van der Waals surface area contributed by atoms with E-state index in [0.29, 0.717) is 17.4 Å². The number of nitrogens with zero attached hydrogens (tertiary/aromatic N) is 1. The fourth-order valence-corrected chi connectivity index (χ4v) is 12.6. The lowest BCUT2D eigenvalue weighted by atomic mass is 10.0. The van der Waals surface area contributed by atoms with E-state index >= 15 is 0 Å². The first-order valence-corrected chi connectivity index (χ1v) is 44.1. The van der Waals surface area contributed by atoms with Crippen LogP contribution in [0.2, 0.25) is 0 Å². The van der Waals surface area contributed by atoms with Crippen molar-refractivity contribution in [3.05, 3.63) is 146 Å². The summed E-state index contributed by atoms with van der Waals surface area (Å²) in [6.07, 6.45) is 120. The summed E-state index contributed by atoms with van der Waals surface area (Å²) < 4.78 is 34.8. The predicted octanol–water partition coefficient (Wildman–Crippen LogP) is 28.8. The zero-order valence-electron chi connectivity index (χ0n) is 67.1. The SMILES string of the molecule is CC/C=C\C/C=C\C/C=C\C/C=C\C/C=C\C/C=C\C/C=C\C/C=C\C/C=C\C/C=C\C/C=C\CCCCCC(=O)OC(COC(=O)CCCCCCCCCCCCCCCCCCCCCCCCCCCCCCC/C=C\CCCCCCCCCC)COP(=O)(O)OCC[N+](C)(C)C. The van der Waals surface area contributed by atoms with Crippen LogP contribution in [0.25, 0.3) is 0 Å². The lowest BCUT2D eigenvalue weighted by Crippen LogP contribution is -2.37. The van der Waals surface area contributed by atoms with Crippen LogP contribution in [0.5, 0.6) is 0 Å². The second-order valence-corrected chi connectivity index (χ2v) is 30.9. The summed E-state index contributed by atoms with van der Waals surface area (Å²) >= 11 is 0. The van der Waals surface area contributed by atoms with Gasteiger partial charge in [-0.05, 0) is 122 Å². The summed E-state index contributed by atoms with van der Waals surface area (Å²) in [5, 5.41) is 0. The Hall–Kier alpha value is -4.11. The van der Waals surface area contributed by atoms with Gasteiger partial charge in [-0.15, -0.1) is 0 Å². The molecule has 0 radical (unpaired) electrons. The van der Waals surface area contributed by atoms with Crippen LogP contribution in [0.15, 0.2) is 146 Å². The van der Waals surface area contributed by atoms with E-state index < -0.39 is 26.5 Å². The minimum atomic E-state index is -4.42. The zero-order chi connectivity index (χ0) is 74.0. The monoisotopic (exact) mass is 1440 g/mol. The minimum absolute atomic E-state index is 0.0191. The van der Waals surface area contributed by atoms with E-state index in [9.17, 15) is 19.0 Å². The number of quaternary nitrogens is 1. The smallest absolute Gasteiger partial charge is 0.462 e. The fourth-order valence-electron chi connectivity index (χ4n) is 11.9. The molecule has 0 bridgehead atoms. The van der Waals surface area contributed by atoms with Crippen LogP contribution >= 0.6 is 7.82 Å². The molecule has 9 nitrogen and oxygen atoms in total. The van der Waals surface area contributed by atoms with Gasteiger partial charge in [-0.1, -0.05) is 384 Å². The molecule has 0 aromatic rings. The molecule has 0 spiro atoms. The molecule has 586 valence electrons. The molecule has 0 fully saturated rings. The van der Waals surface area contributed by atoms with E-state index in [1.165, 1.54) is 231 Å². The fraction of sp³-hybridized carbons (Fsp3) is 0.717. The van der Waals surface area contributed by atoms with Gasteiger partial charge in [0.05, 0.1) is 27.7 Å². The van der Waals surface area contributed by atoms with Crippen molar-refractivity contribution < 1.29 is 42.1 Å². The van der Waals surface area contributed by atoms with E-state index in [2.05, 4.69) is 160 Å². The van der Waals surface area contributed by atoms with Gasteiger partial charge < -0.3 is 18.9 Å². The highest BCUT2D eigenvalue weighted by Crippen LogP contribution is 2.43. The van der Waals surface area contributed by atoms with Crippen LogP contribution in [0.4, 0.5) is 0 Å². The van der Waals surface area contributed by atoms with Crippen molar-refractivity contribution in [2.45, 2.75) is 380 Å². The Balaban J connectivity index is 4.01. The van der Waals surface area contributed by atoms with Crippen molar-refractivity contribution in [1.82, 2.24) is 0 Å². The number of likely N-dealkylation sites (N-methyl/N-ethyl adjacent to an activating group) is 1. The second kappa shape index (κ2) is 81.0. The van der Waals surface area contributed by atoms with Crippen LogP contribution < -0.4 is 0 Å². The van der Waals surface area contributed by atoms with E-state index in [-0.39, 0.29) is 32.0 Å². The number of phosphoric acid groups is 1. The highest BCUT2D eigenvalue weighted by molar-refractivity contribution is 7.47. The molecular formula is C92H161NO8P+. The molecule has 0 aromatic heterocycles. The Morgan fingerprint density at radius 1 is 0.314 bits per heavy atom. The number of hydrogen-bond donors (Lipinski definition) is 1. The van der Waals surface area contributed by atoms with Crippen LogP contribution in [0, 0.1) is 0 Å². The number of hydrogen-bond acceptors (Lipinski definition) is 7. The van der Waals surface area contributed by atoms with Crippen molar-refractivity contribution >= 4 is 19.8 Å². The maximum absolute atomic E-state index is 12.9. The Morgan fingerprint density at radius 2 is 0.559 bits per heavy atom. The van der Waals surface area contributed by atoms with Gasteiger partial charge >= 0.3 is 19.8 Å². The van der Waals surface area contributed by atoms with Gasteiger partial charge in [-0.25, -0.2) is 4.57 Å². The Labute approximate surface area is 631 Å². The number of unbranched alkanes of at least 4 members (excludes halogenated alkanes) is 40. The summed E-state index contributed by atoms with van der Waals surface area (Å²) in [4.78, 5) is 36.0. The number of carbonyl (C=O) groups excluding carboxylic acids is 2. The summed E-state index contributed by atoms with van der Waals surface area (Å²) in [6, 6.07) is 0. The number of allylic oxidation sites excluding steroid dienone is 24. The van der Waals surface area contributed by atoms with E-state index in [0.717, 1.165) is 109 Å². The first kappa shape index (κ1) is 97.9. The van der Waals surface area contributed by atoms with Crippen LogP contribution in [0.3, 0.4) is 0 Å². The molecule has 1 N–H and O–H groups in total. The normalized spacial score (nSPS) is 13.7. The third-order valence-corrected chi connectivity index (χ3v) is 19.3. The third-order valence-electron chi connectivity index (χ3n) is 18.4. The van der Waals surface area contributed by atoms with Gasteiger partial charge in [-0.2, -0.15) is 0 Å². The third kappa shape index (κ3) is 84.8. The summed E-state index contributed by atoms with van der Waals surface area (Å²) in [7, 11) is 1.45. The van der Waals surface area contributed by atoms with Crippen molar-refractivity contribution in [2.75, 3.05) is 47.5 Å². The number of rotatable bonds is 78. The molecule has 0 rings (SSSR count). The molecular weight excluding hydrogens is 1280 g/mol. The summed E-state index contributed by atoms with van der Waals surface area (Å²) in [5.74, 6) is -0.832.